The molecule has 1 N–H and O–H groups in total. The summed E-state index contributed by atoms with van der Waals surface area (Å²) in [5, 5.41) is 11.2. The maximum Gasteiger partial charge on any atom is 0.247 e. The Kier molecular flexibility index (Phi) is 3.00. The lowest BCUT2D eigenvalue weighted by atomic mass is 10.1. The number of rotatable bonds is 5. The number of anilines is 1. The fraction of sp³-hybridized carbons (Fsp3) is 0.429. The topological polar surface area (TPSA) is 51.0 Å². The zero-order valence-electron chi connectivity index (χ0n) is 10.5. The fourth-order valence-corrected chi connectivity index (χ4v) is 2.27. The summed E-state index contributed by atoms with van der Waals surface area (Å²) in [6.07, 6.45) is 5.26. The highest BCUT2D eigenvalue weighted by atomic mass is 16.4. The summed E-state index contributed by atoms with van der Waals surface area (Å²) in [6.45, 7) is 2.24. The van der Waals surface area contributed by atoms with Gasteiger partial charge in [0.25, 0.3) is 0 Å². The van der Waals surface area contributed by atoms with Crippen molar-refractivity contribution < 1.29 is 4.42 Å². The van der Waals surface area contributed by atoms with Crippen LogP contribution < -0.4 is 5.32 Å². The monoisotopic (exact) mass is 243 g/mol. The first-order chi connectivity index (χ1) is 8.86. The molecule has 4 heteroatoms. The second kappa shape index (κ2) is 4.80. The maximum absolute atomic E-state index is 5.17. The van der Waals surface area contributed by atoms with E-state index in [1.807, 2.05) is 12.1 Å². The van der Waals surface area contributed by atoms with E-state index in [0.717, 1.165) is 17.2 Å². The first-order valence-corrected chi connectivity index (χ1v) is 6.50. The van der Waals surface area contributed by atoms with Crippen LogP contribution >= 0.6 is 0 Å². The van der Waals surface area contributed by atoms with Crippen LogP contribution in [-0.4, -0.2) is 16.2 Å². The van der Waals surface area contributed by atoms with Gasteiger partial charge >= 0.3 is 0 Å². The van der Waals surface area contributed by atoms with Crippen molar-refractivity contribution in [2.75, 3.05) is 5.32 Å². The van der Waals surface area contributed by atoms with E-state index in [2.05, 4.69) is 34.6 Å². The molecule has 3 rings (SSSR count). The van der Waals surface area contributed by atoms with Crippen molar-refractivity contribution in [3.63, 3.8) is 0 Å². The van der Waals surface area contributed by atoms with Gasteiger partial charge in [-0.25, -0.2) is 0 Å². The van der Waals surface area contributed by atoms with Gasteiger partial charge < -0.3 is 9.73 Å². The Morgan fingerprint density at radius 3 is 2.67 bits per heavy atom. The molecule has 2 aromatic rings. The Bertz CT molecular complexity index is 488. The average molecular weight is 243 g/mol. The molecule has 1 atom stereocenters. The molecule has 1 fully saturated rings. The highest BCUT2D eigenvalue weighted by Gasteiger charge is 2.29. The van der Waals surface area contributed by atoms with Crippen molar-refractivity contribution in [3.8, 4) is 11.5 Å². The van der Waals surface area contributed by atoms with Gasteiger partial charge in [-0.1, -0.05) is 6.92 Å². The molecular weight excluding hydrogens is 226 g/mol. The van der Waals surface area contributed by atoms with Crippen molar-refractivity contribution in [1.82, 2.24) is 10.2 Å². The van der Waals surface area contributed by atoms with Crippen LogP contribution in [-0.2, 0) is 0 Å². The lowest BCUT2D eigenvalue weighted by Gasteiger charge is -2.17. The molecular formula is C14H17N3O. The highest BCUT2D eigenvalue weighted by Crippen LogP contribution is 2.35. The van der Waals surface area contributed by atoms with Gasteiger partial charge in [0.2, 0.25) is 12.3 Å². The van der Waals surface area contributed by atoms with Gasteiger partial charge in [0, 0.05) is 17.3 Å². The van der Waals surface area contributed by atoms with E-state index in [9.17, 15) is 0 Å². The quantitative estimate of drug-likeness (QED) is 0.875. The van der Waals surface area contributed by atoms with Gasteiger partial charge in [-0.3, -0.25) is 0 Å². The number of aromatic nitrogens is 2. The van der Waals surface area contributed by atoms with Crippen LogP contribution in [0.4, 0.5) is 5.69 Å². The molecule has 18 heavy (non-hydrogen) atoms. The number of hydrogen-bond donors (Lipinski definition) is 1. The SMILES string of the molecule is CCC(Nc1ccc(-c2nnco2)cc1)C1CC1. The highest BCUT2D eigenvalue weighted by molar-refractivity contribution is 5.58. The summed E-state index contributed by atoms with van der Waals surface area (Å²) in [5.74, 6) is 1.43. The molecule has 1 aliphatic rings. The first kappa shape index (κ1) is 11.3. The van der Waals surface area contributed by atoms with Crippen LogP contribution in [0.25, 0.3) is 11.5 Å². The van der Waals surface area contributed by atoms with Crippen LogP contribution in [0.5, 0.6) is 0 Å². The molecule has 1 aromatic carbocycles. The first-order valence-electron chi connectivity index (χ1n) is 6.50. The van der Waals surface area contributed by atoms with E-state index in [0.29, 0.717) is 11.9 Å². The minimum absolute atomic E-state index is 0.566. The van der Waals surface area contributed by atoms with E-state index in [1.165, 1.54) is 25.7 Å². The Hall–Kier alpha value is -1.84. The molecule has 0 amide bonds. The van der Waals surface area contributed by atoms with Gasteiger partial charge in [-0.2, -0.15) is 0 Å². The van der Waals surface area contributed by atoms with Crippen LogP contribution in [0.2, 0.25) is 0 Å². The normalized spacial score (nSPS) is 16.5. The molecule has 0 bridgehead atoms. The van der Waals surface area contributed by atoms with Gasteiger partial charge in [0.15, 0.2) is 0 Å². The number of hydrogen-bond acceptors (Lipinski definition) is 4. The Balaban J connectivity index is 1.70. The average Bonchev–Trinajstić information content (AvgIpc) is 3.11. The van der Waals surface area contributed by atoms with Crippen molar-refractivity contribution >= 4 is 5.69 Å². The molecule has 1 saturated carbocycles. The van der Waals surface area contributed by atoms with Gasteiger partial charge in [-0.15, -0.1) is 10.2 Å². The minimum Gasteiger partial charge on any atom is -0.423 e. The summed E-state index contributed by atoms with van der Waals surface area (Å²) in [7, 11) is 0. The zero-order chi connectivity index (χ0) is 12.4. The lowest BCUT2D eigenvalue weighted by molar-refractivity contribution is 0.568. The van der Waals surface area contributed by atoms with Crippen molar-refractivity contribution in [1.29, 1.82) is 0 Å². The van der Waals surface area contributed by atoms with Gasteiger partial charge in [0.05, 0.1) is 0 Å². The van der Waals surface area contributed by atoms with Crippen LogP contribution in [0.15, 0.2) is 35.1 Å². The van der Waals surface area contributed by atoms with E-state index >= 15 is 0 Å². The fourth-order valence-electron chi connectivity index (χ4n) is 2.27. The van der Waals surface area contributed by atoms with Crippen molar-refractivity contribution in [2.45, 2.75) is 32.2 Å². The summed E-state index contributed by atoms with van der Waals surface area (Å²) < 4.78 is 5.17. The maximum atomic E-state index is 5.17. The summed E-state index contributed by atoms with van der Waals surface area (Å²) in [6, 6.07) is 8.78. The van der Waals surface area contributed by atoms with E-state index in [4.69, 9.17) is 4.42 Å². The van der Waals surface area contributed by atoms with Gasteiger partial charge in [-0.05, 0) is 49.4 Å². The Labute approximate surface area is 106 Å². The summed E-state index contributed by atoms with van der Waals surface area (Å²) >= 11 is 0. The van der Waals surface area contributed by atoms with Crippen molar-refractivity contribution in [3.05, 3.63) is 30.7 Å². The standard InChI is InChI=1S/C14H17N3O/c1-2-13(10-3-4-10)16-12-7-5-11(6-8-12)14-17-15-9-18-14/h5-10,13,16H,2-4H2,1H3. The molecule has 94 valence electrons. The third-order valence-corrected chi connectivity index (χ3v) is 3.47. The number of nitrogens with zero attached hydrogens (tertiary/aromatic N) is 2. The van der Waals surface area contributed by atoms with Crippen LogP contribution in [0.1, 0.15) is 26.2 Å². The van der Waals surface area contributed by atoms with E-state index in [-0.39, 0.29) is 0 Å². The van der Waals surface area contributed by atoms with Crippen molar-refractivity contribution in [2.24, 2.45) is 5.92 Å². The Morgan fingerprint density at radius 1 is 1.33 bits per heavy atom. The predicted molar refractivity (Wildman–Crippen MR) is 70.2 cm³/mol. The number of nitrogens with one attached hydrogen (secondary N) is 1. The second-order valence-corrected chi connectivity index (χ2v) is 4.82. The summed E-state index contributed by atoms with van der Waals surface area (Å²) in [4.78, 5) is 0. The molecule has 1 unspecified atom stereocenters. The minimum atomic E-state index is 0.566. The predicted octanol–water partition coefficient (Wildman–Crippen LogP) is 3.34. The number of benzene rings is 1. The van der Waals surface area contributed by atoms with Gasteiger partial charge in [0.1, 0.15) is 0 Å². The molecule has 1 aliphatic carbocycles. The lowest BCUT2D eigenvalue weighted by Crippen LogP contribution is -2.20. The molecule has 1 heterocycles. The summed E-state index contributed by atoms with van der Waals surface area (Å²) in [5.41, 5.74) is 2.12. The van der Waals surface area contributed by atoms with Crippen LogP contribution in [0, 0.1) is 5.92 Å². The third kappa shape index (κ3) is 2.37. The zero-order valence-corrected chi connectivity index (χ0v) is 10.5. The third-order valence-electron chi connectivity index (χ3n) is 3.47. The molecule has 0 saturated heterocycles. The molecule has 1 aromatic heterocycles. The van der Waals surface area contributed by atoms with E-state index in [1.54, 1.807) is 0 Å². The second-order valence-electron chi connectivity index (χ2n) is 4.82. The molecule has 4 nitrogen and oxygen atoms in total. The van der Waals surface area contributed by atoms with E-state index < -0.39 is 0 Å². The smallest absolute Gasteiger partial charge is 0.247 e. The molecule has 0 radical (unpaired) electrons. The largest absolute Gasteiger partial charge is 0.423 e. The van der Waals surface area contributed by atoms with Crippen LogP contribution in [0.3, 0.4) is 0 Å². The Morgan fingerprint density at radius 2 is 2.11 bits per heavy atom. The molecule has 0 aliphatic heterocycles. The molecule has 0 spiro atoms.